The molecule has 6 heteroatoms. The summed E-state index contributed by atoms with van der Waals surface area (Å²) >= 11 is 0. The van der Waals surface area contributed by atoms with E-state index in [1.54, 1.807) is 19.1 Å². The van der Waals surface area contributed by atoms with Crippen molar-refractivity contribution in [3.63, 3.8) is 0 Å². The minimum atomic E-state index is -3.58. The lowest BCUT2D eigenvalue weighted by atomic mass is 10.0. The average molecular weight is 294 g/mol. The maximum Gasteiger partial charge on any atom is 0.240 e. The predicted molar refractivity (Wildman–Crippen MR) is 74.6 cm³/mol. The number of benzene rings is 1. The van der Waals surface area contributed by atoms with Crippen molar-refractivity contribution in [1.29, 1.82) is 5.26 Å². The summed E-state index contributed by atoms with van der Waals surface area (Å²) in [6, 6.07) is 6.64. The lowest BCUT2D eigenvalue weighted by Gasteiger charge is -2.22. The van der Waals surface area contributed by atoms with E-state index in [9.17, 15) is 8.42 Å². The Balaban J connectivity index is 2.11. The standard InChI is InChI=1S/C14H18N2O3S/c1-11-4-5-12(8-15)7-14(11)20(17,18)16-9-13-3-2-6-19-10-13/h4-5,7,13,16H,2-3,6,9-10H2,1H3. The molecule has 0 spiro atoms. The van der Waals surface area contributed by atoms with Gasteiger partial charge in [0.15, 0.2) is 0 Å². The molecule has 1 N–H and O–H groups in total. The number of hydrogen-bond acceptors (Lipinski definition) is 4. The van der Waals surface area contributed by atoms with Gasteiger partial charge in [-0.25, -0.2) is 13.1 Å². The van der Waals surface area contributed by atoms with Gasteiger partial charge in [0.05, 0.1) is 23.1 Å². The number of rotatable bonds is 4. The molecule has 0 aliphatic carbocycles. The van der Waals surface area contributed by atoms with E-state index in [1.807, 2.05) is 6.07 Å². The van der Waals surface area contributed by atoms with E-state index < -0.39 is 10.0 Å². The molecule has 1 unspecified atom stereocenters. The van der Waals surface area contributed by atoms with Crippen molar-refractivity contribution < 1.29 is 13.2 Å². The molecule has 1 aromatic rings. The summed E-state index contributed by atoms with van der Waals surface area (Å²) < 4.78 is 32.6. The SMILES string of the molecule is Cc1ccc(C#N)cc1S(=O)(=O)NCC1CCCOC1. The molecule has 0 saturated carbocycles. The molecule has 0 radical (unpaired) electrons. The minimum absolute atomic E-state index is 0.174. The number of ether oxygens (including phenoxy) is 1. The Morgan fingerprint density at radius 1 is 1.50 bits per heavy atom. The first kappa shape index (κ1) is 15.0. The third kappa shape index (κ3) is 3.57. The predicted octanol–water partition coefficient (Wildman–Crippen LogP) is 1.57. The largest absolute Gasteiger partial charge is 0.381 e. The van der Waals surface area contributed by atoms with Crippen LogP contribution in [-0.2, 0) is 14.8 Å². The van der Waals surface area contributed by atoms with Crippen LogP contribution in [0.25, 0.3) is 0 Å². The summed E-state index contributed by atoms with van der Waals surface area (Å²) in [5.41, 5.74) is 0.980. The first-order valence-corrected chi connectivity index (χ1v) is 8.09. The molecule has 0 bridgehead atoms. The fourth-order valence-electron chi connectivity index (χ4n) is 2.23. The molecule has 1 aliphatic heterocycles. The molecule has 1 saturated heterocycles. The first-order chi connectivity index (χ1) is 9.53. The van der Waals surface area contributed by atoms with Crippen LogP contribution in [0.2, 0.25) is 0 Å². The number of hydrogen-bond donors (Lipinski definition) is 1. The van der Waals surface area contributed by atoms with Crippen LogP contribution < -0.4 is 4.72 Å². The second-order valence-corrected chi connectivity index (χ2v) is 6.76. The van der Waals surface area contributed by atoms with Gasteiger partial charge in [-0.3, -0.25) is 0 Å². The van der Waals surface area contributed by atoms with Gasteiger partial charge in [-0.2, -0.15) is 5.26 Å². The minimum Gasteiger partial charge on any atom is -0.381 e. The molecular formula is C14H18N2O3S. The van der Waals surface area contributed by atoms with Crippen molar-refractivity contribution >= 4 is 10.0 Å². The molecule has 1 aromatic carbocycles. The molecular weight excluding hydrogens is 276 g/mol. The molecule has 1 fully saturated rings. The third-order valence-corrected chi connectivity index (χ3v) is 4.99. The van der Waals surface area contributed by atoms with Crippen molar-refractivity contribution in [3.8, 4) is 6.07 Å². The Kier molecular flexibility index (Phi) is 4.76. The van der Waals surface area contributed by atoms with Gasteiger partial charge >= 0.3 is 0 Å². The fraction of sp³-hybridized carbons (Fsp3) is 0.500. The van der Waals surface area contributed by atoms with Gasteiger partial charge < -0.3 is 4.74 Å². The van der Waals surface area contributed by atoms with Crippen molar-refractivity contribution in [2.45, 2.75) is 24.7 Å². The highest BCUT2D eigenvalue weighted by Gasteiger charge is 2.21. The molecule has 0 amide bonds. The maximum atomic E-state index is 12.3. The van der Waals surface area contributed by atoms with E-state index in [4.69, 9.17) is 10.00 Å². The monoisotopic (exact) mass is 294 g/mol. The van der Waals surface area contributed by atoms with Gasteiger partial charge in [-0.15, -0.1) is 0 Å². The summed E-state index contributed by atoms with van der Waals surface area (Å²) in [5.74, 6) is 0.220. The second-order valence-electron chi connectivity index (χ2n) is 5.03. The van der Waals surface area contributed by atoms with E-state index >= 15 is 0 Å². The molecule has 1 aliphatic rings. The number of nitrogens with zero attached hydrogens (tertiary/aromatic N) is 1. The third-order valence-electron chi connectivity index (χ3n) is 3.42. The number of aryl methyl sites for hydroxylation is 1. The Morgan fingerprint density at radius 3 is 2.95 bits per heavy atom. The van der Waals surface area contributed by atoms with Crippen molar-refractivity contribution in [3.05, 3.63) is 29.3 Å². The highest BCUT2D eigenvalue weighted by Crippen LogP contribution is 2.18. The molecule has 1 atom stereocenters. The van der Waals surface area contributed by atoms with E-state index in [2.05, 4.69) is 4.72 Å². The quantitative estimate of drug-likeness (QED) is 0.914. The zero-order valence-electron chi connectivity index (χ0n) is 11.4. The summed E-state index contributed by atoms with van der Waals surface area (Å²) in [6.07, 6.45) is 1.94. The molecule has 108 valence electrons. The van der Waals surface area contributed by atoms with Gasteiger partial charge in [0.25, 0.3) is 0 Å². The number of sulfonamides is 1. The van der Waals surface area contributed by atoms with Crippen LogP contribution in [0.1, 0.15) is 24.0 Å². The van der Waals surface area contributed by atoms with Crippen molar-refractivity contribution in [2.24, 2.45) is 5.92 Å². The molecule has 5 nitrogen and oxygen atoms in total. The van der Waals surface area contributed by atoms with Gasteiger partial charge in [0.1, 0.15) is 0 Å². The number of nitriles is 1. The van der Waals surface area contributed by atoms with Crippen molar-refractivity contribution in [1.82, 2.24) is 4.72 Å². The molecule has 2 rings (SSSR count). The Bertz CT molecular complexity index is 614. The van der Waals surface area contributed by atoms with Gasteiger partial charge in [0, 0.05) is 13.2 Å². The van der Waals surface area contributed by atoms with Gasteiger partial charge in [0.2, 0.25) is 10.0 Å². The smallest absolute Gasteiger partial charge is 0.240 e. The summed E-state index contributed by atoms with van der Waals surface area (Å²) in [5, 5.41) is 8.87. The highest BCUT2D eigenvalue weighted by molar-refractivity contribution is 7.89. The first-order valence-electron chi connectivity index (χ1n) is 6.61. The average Bonchev–Trinajstić information content (AvgIpc) is 2.47. The second kappa shape index (κ2) is 6.35. The Hall–Kier alpha value is -1.42. The van der Waals surface area contributed by atoms with E-state index in [-0.39, 0.29) is 10.8 Å². The zero-order chi connectivity index (χ0) is 14.6. The van der Waals surface area contributed by atoms with Gasteiger partial charge in [-0.1, -0.05) is 6.07 Å². The topological polar surface area (TPSA) is 79.2 Å². The fourth-order valence-corrected chi connectivity index (χ4v) is 3.62. The molecule has 0 aromatic heterocycles. The lowest BCUT2D eigenvalue weighted by molar-refractivity contribution is 0.0568. The Labute approximate surface area is 119 Å². The highest BCUT2D eigenvalue weighted by atomic mass is 32.2. The van der Waals surface area contributed by atoms with E-state index in [1.165, 1.54) is 6.07 Å². The van der Waals surface area contributed by atoms with Crippen LogP contribution in [0, 0.1) is 24.2 Å². The molecule has 20 heavy (non-hydrogen) atoms. The van der Waals surface area contributed by atoms with Crippen molar-refractivity contribution in [2.75, 3.05) is 19.8 Å². The van der Waals surface area contributed by atoms with E-state index in [0.717, 1.165) is 19.4 Å². The van der Waals surface area contributed by atoms with Crippen LogP contribution >= 0.6 is 0 Å². The molecule has 1 heterocycles. The summed E-state index contributed by atoms with van der Waals surface area (Å²) in [4.78, 5) is 0.174. The van der Waals surface area contributed by atoms with Crippen LogP contribution in [0.5, 0.6) is 0 Å². The van der Waals surface area contributed by atoms with Gasteiger partial charge in [-0.05, 0) is 43.4 Å². The normalized spacial score (nSPS) is 19.5. The van der Waals surface area contributed by atoms with Crippen LogP contribution in [0.15, 0.2) is 23.1 Å². The van der Waals surface area contributed by atoms with Crippen LogP contribution in [0.4, 0.5) is 0 Å². The maximum absolute atomic E-state index is 12.3. The van der Waals surface area contributed by atoms with Crippen LogP contribution in [-0.4, -0.2) is 28.2 Å². The van der Waals surface area contributed by atoms with E-state index in [0.29, 0.717) is 24.3 Å². The van der Waals surface area contributed by atoms with Crippen LogP contribution in [0.3, 0.4) is 0 Å². The zero-order valence-corrected chi connectivity index (χ0v) is 12.2. The summed E-state index contributed by atoms with van der Waals surface area (Å²) in [7, 11) is -3.58. The Morgan fingerprint density at radius 2 is 2.30 bits per heavy atom. The number of nitrogens with one attached hydrogen (secondary N) is 1. The summed E-state index contributed by atoms with van der Waals surface area (Å²) in [6.45, 7) is 3.45. The lowest BCUT2D eigenvalue weighted by Crippen LogP contribution is -2.33.